The molecular weight excluding hydrogens is 408 g/mol. The highest BCUT2D eigenvalue weighted by atomic mass is 32.2. The van der Waals surface area contributed by atoms with Gasteiger partial charge in [-0.3, -0.25) is 4.79 Å². The minimum absolute atomic E-state index is 0.0255. The highest BCUT2D eigenvalue weighted by Gasteiger charge is 2.25. The van der Waals surface area contributed by atoms with E-state index >= 15 is 0 Å². The summed E-state index contributed by atoms with van der Waals surface area (Å²) in [6, 6.07) is 4.19. The van der Waals surface area contributed by atoms with Gasteiger partial charge in [0.05, 0.1) is 11.3 Å². The maximum absolute atomic E-state index is 12.7. The van der Waals surface area contributed by atoms with Gasteiger partial charge < -0.3 is 15.5 Å². The van der Waals surface area contributed by atoms with Crippen LogP contribution in [0.2, 0.25) is 0 Å². The average molecular weight is 441 g/mol. The second kappa shape index (κ2) is 9.85. The molecule has 0 saturated heterocycles. The third kappa shape index (κ3) is 5.11. The van der Waals surface area contributed by atoms with Crippen LogP contribution in [0.25, 0.3) is 0 Å². The molecule has 8 heteroatoms. The van der Waals surface area contributed by atoms with E-state index in [0.717, 1.165) is 55.3 Å². The Morgan fingerprint density at radius 3 is 2.58 bits per heavy atom. The lowest BCUT2D eigenvalue weighted by Gasteiger charge is -2.30. The first-order chi connectivity index (χ1) is 15.0. The zero-order valence-corrected chi connectivity index (χ0v) is 19.5. The van der Waals surface area contributed by atoms with Crippen LogP contribution in [0, 0.1) is 0 Å². The summed E-state index contributed by atoms with van der Waals surface area (Å²) in [5.74, 6) is 1.77. The molecule has 1 saturated carbocycles. The van der Waals surface area contributed by atoms with Crippen LogP contribution >= 0.6 is 11.8 Å². The van der Waals surface area contributed by atoms with Crippen molar-refractivity contribution in [2.45, 2.75) is 68.5 Å². The minimum atomic E-state index is -0.0255. The molecule has 2 heterocycles. The predicted molar refractivity (Wildman–Crippen MR) is 126 cm³/mol. The molecule has 0 radical (unpaired) electrons. The molecule has 0 spiro atoms. The summed E-state index contributed by atoms with van der Waals surface area (Å²) in [4.78, 5) is 28.8. The van der Waals surface area contributed by atoms with Crippen LogP contribution in [0.5, 0.6) is 0 Å². The number of carbonyl (C=O) groups is 1. The zero-order valence-electron chi connectivity index (χ0n) is 18.6. The first-order valence-electron chi connectivity index (χ1n) is 11.2. The van der Waals surface area contributed by atoms with E-state index in [-0.39, 0.29) is 11.9 Å². The Balaban J connectivity index is 1.35. The van der Waals surface area contributed by atoms with E-state index in [4.69, 9.17) is 9.97 Å². The molecule has 0 unspecified atom stereocenters. The number of carbonyl (C=O) groups excluding carboxylic acids is 1. The maximum Gasteiger partial charge on any atom is 0.254 e. The average Bonchev–Trinajstić information content (AvgIpc) is 2.79. The summed E-state index contributed by atoms with van der Waals surface area (Å²) < 4.78 is 0. The Bertz CT molecular complexity index is 926. The Morgan fingerprint density at radius 1 is 1.10 bits per heavy atom. The van der Waals surface area contributed by atoms with Gasteiger partial charge in [0.1, 0.15) is 10.8 Å². The smallest absolute Gasteiger partial charge is 0.254 e. The van der Waals surface area contributed by atoms with Crippen LogP contribution in [0.4, 0.5) is 11.8 Å². The Morgan fingerprint density at radius 2 is 1.84 bits per heavy atom. The van der Waals surface area contributed by atoms with Crippen LogP contribution in [0.3, 0.4) is 0 Å². The normalized spacial score (nSPS) is 20.6. The van der Waals surface area contributed by atoms with Gasteiger partial charge in [-0.25, -0.2) is 9.97 Å². The first kappa shape index (κ1) is 21.9. The number of amides is 1. The van der Waals surface area contributed by atoms with Crippen molar-refractivity contribution in [1.29, 1.82) is 0 Å². The maximum atomic E-state index is 12.7. The highest BCUT2D eigenvalue weighted by molar-refractivity contribution is 7.98. The number of anilines is 2. The van der Waals surface area contributed by atoms with Crippen LogP contribution in [-0.4, -0.2) is 53.3 Å². The summed E-state index contributed by atoms with van der Waals surface area (Å²) >= 11 is 1.50. The van der Waals surface area contributed by atoms with Crippen molar-refractivity contribution in [3.05, 3.63) is 35.2 Å². The lowest BCUT2D eigenvalue weighted by molar-refractivity contribution is 0.0923. The van der Waals surface area contributed by atoms with E-state index in [9.17, 15) is 4.79 Å². The van der Waals surface area contributed by atoms with E-state index in [1.807, 2.05) is 18.4 Å². The summed E-state index contributed by atoms with van der Waals surface area (Å²) in [5.41, 5.74) is 3.18. The van der Waals surface area contributed by atoms with Gasteiger partial charge in [-0.2, -0.15) is 4.98 Å². The molecule has 2 aliphatic carbocycles. The summed E-state index contributed by atoms with van der Waals surface area (Å²) in [7, 11) is 4.11. The number of hydrogen-bond donors (Lipinski definition) is 2. The quantitative estimate of drug-likeness (QED) is 0.663. The third-order valence-corrected chi connectivity index (χ3v) is 6.90. The van der Waals surface area contributed by atoms with Gasteiger partial charge >= 0.3 is 0 Å². The summed E-state index contributed by atoms with van der Waals surface area (Å²) in [6.45, 7) is 0. The fraction of sp³-hybridized carbons (Fsp3) is 0.565. The number of pyridine rings is 1. The van der Waals surface area contributed by atoms with Gasteiger partial charge in [-0.05, 0) is 69.8 Å². The van der Waals surface area contributed by atoms with Crippen molar-refractivity contribution in [2.75, 3.05) is 30.6 Å². The van der Waals surface area contributed by atoms with Gasteiger partial charge in [-0.15, -0.1) is 11.8 Å². The Kier molecular flexibility index (Phi) is 6.95. The number of rotatable bonds is 6. The number of hydrogen-bond acceptors (Lipinski definition) is 7. The molecule has 1 fully saturated rings. The molecule has 0 aliphatic heterocycles. The standard InChI is InChI=1S/C23H32N6OS/c1-29(2)20-17-7-4-5-9-19(17)27-23(28-20)26-16-12-10-15(11-13-16)25-21(30)18-8-6-14-24-22(18)31-3/h6,8,14-16H,4-5,7,9-13H2,1-3H3,(H,25,30)(H,26,27,28)/t15-,16+. The molecule has 1 amide bonds. The largest absolute Gasteiger partial charge is 0.362 e. The Hall–Kier alpha value is -2.35. The lowest BCUT2D eigenvalue weighted by Crippen LogP contribution is -2.40. The summed E-state index contributed by atoms with van der Waals surface area (Å²) in [6.07, 6.45) is 12.1. The Labute approximate surface area is 188 Å². The van der Waals surface area contributed by atoms with Crippen molar-refractivity contribution < 1.29 is 4.79 Å². The van der Waals surface area contributed by atoms with Gasteiger partial charge in [0.15, 0.2) is 0 Å². The first-order valence-corrected chi connectivity index (χ1v) is 12.4. The van der Waals surface area contributed by atoms with Gasteiger partial charge in [0.25, 0.3) is 5.91 Å². The molecule has 4 rings (SSSR count). The van der Waals surface area contributed by atoms with E-state index in [1.54, 1.807) is 6.20 Å². The van der Waals surface area contributed by atoms with E-state index in [1.165, 1.54) is 35.9 Å². The SMILES string of the molecule is CSc1ncccc1C(=O)N[C@H]1CC[C@@H](Nc2nc3c(c(N(C)C)n2)CCCC3)CC1. The van der Waals surface area contributed by atoms with E-state index in [0.29, 0.717) is 11.6 Å². The molecule has 166 valence electrons. The van der Waals surface area contributed by atoms with Crippen molar-refractivity contribution in [3.8, 4) is 0 Å². The monoisotopic (exact) mass is 440 g/mol. The molecule has 2 N–H and O–H groups in total. The third-order valence-electron chi connectivity index (χ3n) is 6.19. The lowest BCUT2D eigenvalue weighted by atomic mass is 9.91. The number of fused-ring (bicyclic) bond motifs is 1. The molecule has 0 atom stereocenters. The molecule has 2 aromatic heterocycles. The molecule has 7 nitrogen and oxygen atoms in total. The molecule has 2 aliphatic rings. The molecule has 31 heavy (non-hydrogen) atoms. The van der Waals surface area contributed by atoms with Crippen LogP contribution in [0.15, 0.2) is 23.4 Å². The van der Waals surface area contributed by atoms with Crippen molar-refractivity contribution in [2.24, 2.45) is 0 Å². The fourth-order valence-electron chi connectivity index (χ4n) is 4.56. The van der Waals surface area contributed by atoms with Gasteiger partial charge in [0, 0.05) is 37.9 Å². The predicted octanol–water partition coefficient (Wildman–Crippen LogP) is 3.69. The molecule has 0 bridgehead atoms. The second-order valence-electron chi connectivity index (χ2n) is 8.62. The van der Waals surface area contributed by atoms with Crippen LogP contribution in [-0.2, 0) is 12.8 Å². The zero-order chi connectivity index (χ0) is 21.8. The number of aromatic nitrogens is 3. The van der Waals surface area contributed by atoms with Crippen molar-refractivity contribution in [1.82, 2.24) is 20.3 Å². The van der Waals surface area contributed by atoms with Gasteiger partial charge in [0.2, 0.25) is 5.95 Å². The van der Waals surface area contributed by atoms with Gasteiger partial charge in [-0.1, -0.05) is 0 Å². The van der Waals surface area contributed by atoms with Crippen molar-refractivity contribution >= 4 is 29.4 Å². The summed E-state index contributed by atoms with van der Waals surface area (Å²) in [5, 5.41) is 7.55. The van der Waals surface area contributed by atoms with Crippen molar-refractivity contribution in [3.63, 3.8) is 0 Å². The second-order valence-corrected chi connectivity index (χ2v) is 9.42. The van der Waals surface area contributed by atoms with Crippen LogP contribution in [0.1, 0.15) is 60.1 Å². The van der Waals surface area contributed by atoms with E-state index in [2.05, 4.69) is 34.6 Å². The molecular formula is C23H32N6OS. The minimum Gasteiger partial charge on any atom is -0.362 e. The molecule has 2 aromatic rings. The van der Waals surface area contributed by atoms with Crippen LogP contribution < -0.4 is 15.5 Å². The number of nitrogens with zero attached hydrogens (tertiary/aromatic N) is 4. The highest BCUT2D eigenvalue weighted by Crippen LogP contribution is 2.29. The fourth-order valence-corrected chi connectivity index (χ4v) is 5.11. The van der Waals surface area contributed by atoms with E-state index < -0.39 is 0 Å². The number of nitrogens with one attached hydrogen (secondary N) is 2. The number of thioether (sulfide) groups is 1. The number of aryl methyl sites for hydroxylation is 1. The topological polar surface area (TPSA) is 83.0 Å². The molecule has 0 aromatic carbocycles.